The molecule has 4 nitrogen and oxygen atoms in total. The van der Waals surface area contributed by atoms with Crippen LogP contribution in [0.3, 0.4) is 0 Å². The Morgan fingerprint density at radius 3 is 2.84 bits per heavy atom. The molecule has 0 aliphatic heterocycles. The lowest BCUT2D eigenvalue weighted by atomic mass is 10.2. The molecule has 2 heterocycles. The third-order valence-corrected chi connectivity index (χ3v) is 3.86. The zero-order chi connectivity index (χ0) is 13.8. The minimum absolute atomic E-state index is 0.469. The van der Waals surface area contributed by atoms with Gasteiger partial charge in [0.1, 0.15) is 10.1 Å². The minimum Gasteiger partial charge on any atom is -0.310 e. The second kappa shape index (κ2) is 6.21. The molecule has 0 saturated carbocycles. The Morgan fingerprint density at radius 2 is 2.21 bits per heavy atom. The molecule has 1 N–H and O–H groups in total. The maximum atomic E-state index is 4.48. The lowest BCUT2D eigenvalue weighted by Gasteiger charge is -2.11. The normalized spacial score (nSPS) is 11.2. The molecule has 0 fully saturated rings. The quantitative estimate of drug-likeness (QED) is 0.912. The van der Waals surface area contributed by atoms with Gasteiger partial charge in [-0.25, -0.2) is 4.98 Å². The average Bonchev–Trinajstić information content (AvgIpc) is 2.67. The number of nitrogens with zero attached hydrogens (tertiary/aromatic N) is 3. The van der Waals surface area contributed by atoms with Crippen LogP contribution in [0.25, 0.3) is 0 Å². The second-order valence-corrected chi connectivity index (χ2v) is 5.86. The Bertz CT molecular complexity index is 548. The van der Waals surface area contributed by atoms with Gasteiger partial charge < -0.3 is 5.32 Å². The van der Waals surface area contributed by atoms with Crippen LogP contribution in [0.15, 0.2) is 34.4 Å². The second-order valence-electron chi connectivity index (χ2n) is 4.85. The average molecular weight is 276 g/mol. The van der Waals surface area contributed by atoms with E-state index < -0.39 is 0 Å². The van der Waals surface area contributed by atoms with Gasteiger partial charge >= 0.3 is 0 Å². The predicted octanol–water partition coefficient (Wildman–Crippen LogP) is 2.77. The Labute approximate surface area is 118 Å². The van der Waals surface area contributed by atoms with Crippen molar-refractivity contribution >= 4 is 11.8 Å². The van der Waals surface area contributed by atoms with E-state index in [9.17, 15) is 0 Å². The van der Waals surface area contributed by atoms with E-state index in [4.69, 9.17) is 0 Å². The summed E-state index contributed by atoms with van der Waals surface area (Å²) in [7, 11) is 1.96. The van der Waals surface area contributed by atoms with E-state index in [0.29, 0.717) is 6.04 Å². The fraction of sp³-hybridized carbons (Fsp3) is 0.429. The van der Waals surface area contributed by atoms with Crippen molar-refractivity contribution in [1.29, 1.82) is 0 Å². The van der Waals surface area contributed by atoms with Crippen molar-refractivity contribution in [2.75, 3.05) is 0 Å². The Balaban J connectivity index is 2.17. The third-order valence-electron chi connectivity index (χ3n) is 2.71. The number of aromatic nitrogens is 3. The zero-order valence-electron chi connectivity index (χ0n) is 11.8. The molecule has 0 aromatic carbocycles. The molecule has 0 atom stereocenters. The lowest BCUT2D eigenvalue weighted by Crippen LogP contribution is -2.22. The van der Waals surface area contributed by atoms with Gasteiger partial charge in [-0.05, 0) is 24.6 Å². The van der Waals surface area contributed by atoms with Gasteiger partial charge in [0.05, 0.1) is 5.69 Å². The van der Waals surface area contributed by atoms with Crippen molar-refractivity contribution in [3.05, 3.63) is 35.7 Å². The van der Waals surface area contributed by atoms with Gasteiger partial charge in [-0.3, -0.25) is 4.68 Å². The number of nitrogens with one attached hydrogen (secondary N) is 1. The first kappa shape index (κ1) is 14.1. The van der Waals surface area contributed by atoms with Crippen LogP contribution in [-0.4, -0.2) is 20.8 Å². The highest BCUT2D eigenvalue weighted by molar-refractivity contribution is 7.99. The summed E-state index contributed by atoms with van der Waals surface area (Å²) in [5.74, 6) is 0. The van der Waals surface area contributed by atoms with Gasteiger partial charge in [-0.1, -0.05) is 31.7 Å². The predicted molar refractivity (Wildman–Crippen MR) is 78.3 cm³/mol. The number of pyridine rings is 1. The SMILES string of the molecule is Cc1cc(Sc2ncccc2CNC(C)C)n(C)n1. The van der Waals surface area contributed by atoms with Crippen LogP contribution in [0.4, 0.5) is 0 Å². The molecule has 0 aliphatic rings. The van der Waals surface area contributed by atoms with Gasteiger partial charge in [-0.2, -0.15) is 5.10 Å². The number of hydrogen-bond acceptors (Lipinski definition) is 4. The molecule has 0 amide bonds. The number of rotatable bonds is 5. The Kier molecular flexibility index (Phi) is 4.61. The van der Waals surface area contributed by atoms with E-state index in [1.54, 1.807) is 11.8 Å². The van der Waals surface area contributed by atoms with Crippen molar-refractivity contribution in [3.8, 4) is 0 Å². The zero-order valence-corrected chi connectivity index (χ0v) is 12.7. The summed E-state index contributed by atoms with van der Waals surface area (Å²) < 4.78 is 1.90. The number of hydrogen-bond donors (Lipinski definition) is 1. The van der Waals surface area contributed by atoms with Crippen molar-refractivity contribution in [2.45, 2.75) is 43.4 Å². The fourth-order valence-electron chi connectivity index (χ4n) is 1.75. The molecule has 0 radical (unpaired) electrons. The van der Waals surface area contributed by atoms with Crippen LogP contribution in [0.5, 0.6) is 0 Å². The van der Waals surface area contributed by atoms with Crippen molar-refractivity contribution in [3.63, 3.8) is 0 Å². The summed E-state index contributed by atoms with van der Waals surface area (Å²) in [6.45, 7) is 7.13. The molecule has 2 aromatic heterocycles. The third kappa shape index (κ3) is 3.81. The fourth-order valence-corrected chi connectivity index (χ4v) is 2.73. The first-order valence-corrected chi connectivity index (χ1v) is 7.23. The van der Waals surface area contributed by atoms with Crippen molar-refractivity contribution in [2.24, 2.45) is 7.05 Å². The van der Waals surface area contributed by atoms with E-state index in [1.807, 2.05) is 30.9 Å². The topological polar surface area (TPSA) is 42.7 Å². The first-order chi connectivity index (χ1) is 9.06. The van der Waals surface area contributed by atoms with Crippen LogP contribution in [0, 0.1) is 6.92 Å². The summed E-state index contributed by atoms with van der Waals surface area (Å²) in [5.41, 5.74) is 2.25. The van der Waals surface area contributed by atoms with Crippen LogP contribution in [-0.2, 0) is 13.6 Å². The van der Waals surface area contributed by atoms with Crippen LogP contribution < -0.4 is 5.32 Å². The molecule has 2 rings (SSSR count). The van der Waals surface area contributed by atoms with Crippen LogP contribution in [0.1, 0.15) is 25.1 Å². The Morgan fingerprint density at radius 1 is 1.42 bits per heavy atom. The molecule has 5 heteroatoms. The largest absolute Gasteiger partial charge is 0.310 e. The van der Waals surface area contributed by atoms with E-state index in [0.717, 1.165) is 22.3 Å². The van der Waals surface area contributed by atoms with Gasteiger partial charge in [0, 0.05) is 25.8 Å². The highest BCUT2D eigenvalue weighted by Gasteiger charge is 2.09. The molecule has 0 bridgehead atoms. The van der Waals surface area contributed by atoms with Gasteiger partial charge in [0.25, 0.3) is 0 Å². The van der Waals surface area contributed by atoms with Crippen molar-refractivity contribution in [1.82, 2.24) is 20.1 Å². The highest BCUT2D eigenvalue weighted by Crippen LogP contribution is 2.28. The van der Waals surface area contributed by atoms with E-state index in [2.05, 4.69) is 41.4 Å². The summed E-state index contributed by atoms with van der Waals surface area (Å²) >= 11 is 1.66. The van der Waals surface area contributed by atoms with E-state index in [-0.39, 0.29) is 0 Å². The monoisotopic (exact) mass is 276 g/mol. The summed E-state index contributed by atoms with van der Waals surface area (Å²) in [6, 6.07) is 6.65. The summed E-state index contributed by atoms with van der Waals surface area (Å²) in [6.07, 6.45) is 1.84. The molecule has 102 valence electrons. The number of aryl methyl sites for hydroxylation is 2. The molecular formula is C14H20N4S. The molecule has 2 aromatic rings. The maximum Gasteiger partial charge on any atom is 0.107 e. The molecule has 0 spiro atoms. The minimum atomic E-state index is 0.469. The summed E-state index contributed by atoms with van der Waals surface area (Å²) in [5, 5.41) is 9.95. The van der Waals surface area contributed by atoms with Crippen molar-refractivity contribution < 1.29 is 0 Å². The van der Waals surface area contributed by atoms with Gasteiger partial charge in [0.15, 0.2) is 0 Å². The lowest BCUT2D eigenvalue weighted by molar-refractivity contribution is 0.582. The van der Waals surface area contributed by atoms with Crippen LogP contribution in [0.2, 0.25) is 0 Å². The van der Waals surface area contributed by atoms with Gasteiger partial charge in [0.2, 0.25) is 0 Å². The van der Waals surface area contributed by atoms with Crippen LogP contribution >= 0.6 is 11.8 Å². The van der Waals surface area contributed by atoms with Gasteiger partial charge in [-0.15, -0.1) is 0 Å². The standard InChI is InChI=1S/C14H20N4S/c1-10(2)16-9-12-6-5-7-15-14(12)19-13-8-11(3)17-18(13)4/h5-8,10,16H,9H2,1-4H3. The molecule has 0 unspecified atom stereocenters. The van der Waals surface area contributed by atoms with E-state index >= 15 is 0 Å². The summed E-state index contributed by atoms with van der Waals surface area (Å²) in [4.78, 5) is 4.48. The molecule has 0 saturated heterocycles. The molecule has 0 aliphatic carbocycles. The molecule has 19 heavy (non-hydrogen) atoms. The highest BCUT2D eigenvalue weighted by atomic mass is 32.2. The smallest absolute Gasteiger partial charge is 0.107 e. The van der Waals surface area contributed by atoms with E-state index in [1.165, 1.54) is 5.56 Å². The first-order valence-electron chi connectivity index (χ1n) is 6.42. The molecular weight excluding hydrogens is 256 g/mol. The maximum absolute atomic E-state index is 4.48. The Hall–Kier alpha value is -1.33.